The van der Waals surface area contributed by atoms with E-state index in [1.165, 1.54) is 18.8 Å². The topological polar surface area (TPSA) is 112 Å². The second-order valence-electron chi connectivity index (χ2n) is 6.67. The van der Waals surface area contributed by atoms with Crippen LogP contribution in [0.2, 0.25) is 0 Å². The Balaban J connectivity index is 2.06. The molecular formula is C15H24N4O4S. The Morgan fingerprint density at radius 3 is 2.75 bits per heavy atom. The average molecular weight is 356 g/mol. The Kier molecular flexibility index (Phi) is 5.76. The number of aromatic nitrogens is 2. The molecule has 0 aliphatic carbocycles. The van der Waals surface area contributed by atoms with Gasteiger partial charge in [0.15, 0.2) is 0 Å². The van der Waals surface area contributed by atoms with Crippen molar-refractivity contribution in [1.82, 2.24) is 20.2 Å². The first kappa shape index (κ1) is 18.6. The molecule has 0 bridgehead atoms. The summed E-state index contributed by atoms with van der Waals surface area (Å²) in [4.78, 5) is 32.2. The van der Waals surface area contributed by atoms with Crippen LogP contribution in [0.15, 0.2) is 17.3 Å². The minimum absolute atomic E-state index is 0.0189. The van der Waals surface area contributed by atoms with Crippen LogP contribution in [-0.4, -0.2) is 66.9 Å². The Morgan fingerprint density at radius 1 is 1.46 bits per heavy atom. The van der Waals surface area contributed by atoms with Gasteiger partial charge in [-0.15, -0.1) is 0 Å². The lowest BCUT2D eigenvalue weighted by Crippen LogP contribution is -2.43. The summed E-state index contributed by atoms with van der Waals surface area (Å²) >= 11 is 0. The third kappa shape index (κ3) is 4.88. The van der Waals surface area contributed by atoms with Gasteiger partial charge < -0.3 is 10.3 Å². The fourth-order valence-corrected chi connectivity index (χ4v) is 3.56. The van der Waals surface area contributed by atoms with Gasteiger partial charge in [0.25, 0.3) is 11.5 Å². The van der Waals surface area contributed by atoms with Crippen LogP contribution in [0.3, 0.4) is 0 Å². The zero-order valence-electron chi connectivity index (χ0n) is 14.2. The monoisotopic (exact) mass is 356 g/mol. The molecule has 2 N–H and O–H groups in total. The Morgan fingerprint density at radius 2 is 2.17 bits per heavy atom. The minimum Gasteiger partial charge on any atom is -0.347 e. The van der Waals surface area contributed by atoms with Crippen molar-refractivity contribution in [3.05, 3.63) is 28.4 Å². The number of hydrogen-bond donors (Lipinski definition) is 2. The van der Waals surface area contributed by atoms with E-state index in [-0.39, 0.29) is 23.3 Å². The number of nitrogens with zero attached hydrogens (tertiary/aromatic N) is 2. The van der Waals surface area contributed by atoms with Crippen LogP contribution in [-0.2, 0) is 9.84 Å². The van der Waals surface area contributed by atoms with E-state index in [9.17, 15) is 18.0 Å². The number of aromatic amines is 1. The molecule has 0 unspecified atom stereocenters. The summed E-state index contributed by atoms with van der Waals surface area (Å²) in [5.74, 6) is 0.167. The molecule has 1 aliphatic heterocycles. The minimum atomic E-state index is -3.02. The normalized spacial score (nSPS) is 22.0. The van der Waals surface area contributed by atoms with Crippen molar-refractivity contribution < 1.29 is 13.2 Å². The molecule has 1 saturated heterocycles. The molecule has 24 heavy (non-hydrogen) atoms. The highest BCUT2D eigenvalue weighted by Gasteiger charge is 2.36. The first-order chi connectivity index (χ1) is 11.2. The molecule has 1 aromatic heterocycles. The van der Waals surface area contributed by atoms with Gasteiger partial charge in [0.05, 0.1) is 12.1 Å². The van der Waals surface area contributed by atoms with Crippen molar-refractivity contribution in [3.63, 3.8) is 0 Å². The second-order valence-corrected chi connectivity index (χ2v) is 8.93. The van der Waals surface area contributed by atoms with Crippen LogP contribution in [0.5, 0.6) is 0 Å². The molecule has 9 heteroatoms. The maximum atomic E-state index is 12.3. The smallest absolute Gasteiger partial charge is 0.263 e. The molecule has 8 nitrogen and oxygen atoms in total. The van der Waals surface area contributed by atoms with E-state index in [0.717, 1.165) is 6.54 Å². The Hall–Kier alpha value is -1.74. The van der Waals surface area contributed by atoms with Crippen LogP contribution in [0, 0.1) is 11.8 Å². The molecule has 2 rings (SSSR count). The molecule has 134 valence electrons. The fourth-order valence-electron chi connectivity index (χ4n) is 2.97. The Labute approximate surface area is 141 Å². The number of carbonyl (C=O) groups excluding carboxylic acids is 1. The maximum Gasteiger partial charge on any atom is 0.263 e. The molecule has 0 spiro atoms. The number of H-pyrrole nitrogens is 1. The van der Waals surface area contributed by atoms with Gasteiger partial charge in [-0.25, -0.2) is 13.4 Å². The fraction of sp³-hybridized carbons (Fsp3) is 0.667. The van der Waals surface area contributed by atoms with E-state index >= 15 is 0 Å². The molecule has 1 aliphatic rings. The largest absolute Gasteiger partial charge is 0.347 e. The first-order valence-electron chi connectivity index (χ1n) is 7.91. The lowest BCUT2D eigenvalue weighted by atomic mass is 9.91. The number of rotatable bonds is 6. The number of hydrogen-bond acceptors (Lipinski definition) is 6. The third-order valence-corrected chi connectivity index (χ3v) is 5.28. The van der Waals surface area contributed by atoms with Crippen LogP contribution in [0.4, 0.5) is 0 Å². The first-order valence-corrected chi connectivity index (χ1v) is 9.97. The van der Waals surface area contributed by atoms with Crippen molar-refractivity contribution in [2.24, 2.45) is 11.8 Å². The summed E-state index contributed by atoms with van der Waals surface area (Å²) < 4.78 is 22.7. The Bertz CT molecular complexity index is 744. The highest BCUT2D eigenvalue weighted by atomic mass is 32.2. The summed E-state index contributed by atoms with van der Waals surface area (Å²) in [7, 11) is -3.02. The van der Waals surface area contributed by atoms with Crippen molar-refractivity contribution in [2.75, 3.05) is 31.6 Å². The molecule has 1 fully saturated rings. The van der Waals surface area contributed by atoms with E-state index in [2.05, 4.69) is 29.1 Å². The maximum absolute atomic E-state index is 12.3. The standard InChI is InChI=1S/C15H24N4O4S/c1-10(2)12-7-19(4-5-24(3,22)23)8-13(12)18-15(21)11-6-16-9-17-14(11)20/h6,9-10,12-13H,4-5,7-8H2,1-3H3,(H,18,21)(H,16,17,20)/t12-,13+/m1/s1. The van der Waals surface area contributed by atoms with E-state index in [4.69, 9.17) is 0 Å². The van der Waals surface area contributed by atoms with Gasteiger partial charge in [0.2, 0.25) is 0 Å². The number of sulfone groups is 1. The van der Waals surface area contributed by atoms with Crippen molar-refractivity contribution in [1.29, 1.82) is 0 Å². The molecule has 1 amide bonds. The number of likely N-dealkylation sites (tertiary alicyclic amines) is 1. The van der Waals surface area contributed by atoms with Gasteiger partial charge in [-0.3, -0.25) is 14.5 Å². The summed E-state index contributed by atoms with van der Waals surface area (Å²) in [5, 5.41) is 2.90. The third-order valence-electron chi connectivity index (χ3n) is 4.35. The van der Waals surface area contributed by atoms with Crippen LogP contribution in [0.25, 0.3) is 0 Å². The van der Waals surface area contributed by atoms with Gasteiger partial charge in [0.1, 0.15) is 15.4 Å². The summed E-state index contributed by atoms with van der Waals surface area (Å²) in [6.45, 7) is 5.88. The lowest BCUT2D eigenvalue weighted by Gasteiger charge is -2.22. The zero-order chi connectivity index (χ0) is 17.9. The summed E-state index contributed by atoms with van der Waals surface area (Å²) in [6.07, 6.45) is 3.70. The van der Waals surface area contributed by atoms with Gasteiger partial charge >= 0.3 is 0 Å². The molecule has 0 saturated carbocycles. The predicted molar refractivity (Wildman–Crippen MR) is 90.6 cm³/mol. The van der Waals surface area contributed by atoms with E-state index in [0.29, 0.717) is 19.0 Å². The quantitative estimate of drug-likeness (QED) is 0.711. The highest BCUT2D eigenvalue weighted by Crippen LogP contribution is 2.24. The molecule has 0 aromatic carbocycles. The van der Waals surface area contributed by atoms with E-state index in [1.807, 2.05) is 4.90 Å². The molecular weight excluding hydrogens is 332 g/mol. The van der Waals surface area contributed by atoms with Crippen molar-refractivity contribution in [2.45, 2.75) is 19.9 Å². The summed E-state index contributed by atoms with van der Waals surface area (Å²) in [6, 6.07) is -0.128. The van der Waals surface area contributed by atoms with Gasteiger partial charge in [-0.05, 0) is 11.8 Å². The predicted octanol–water partition coefficient (Wildman–Crippen LogP) is -0.499. The molecule has 2 heterocycles. The summed E-state index contributed by atoms with van der Waals surface area (Å²) in [5.41, 5.74) is -0.495. The van der Waals surface area contributed by atoms with Crippen LogP contribution >= 0.6 is 0 Å². The molecule has 0 radical (unpaired) electrons. The number of carbonyl (C=O) groups is 1. The highest BCUT2D eigenvalue weighted by molar-refractivity contribution is 7.90. The number of amides is 1. The zero-order valence-corrected chi connectivity index (χ0v) is 15.0. The number of nitrogens with one attached hydrogen (secondary N) is 2. The lowest BCUT2D eigenvalue weighted by molar-refractivity contribution is 0.0923. The van der Waals surface area contributed by atoms with E-state index < -0.39 is 21.3 Å². The van der Waals surface area contributed by atoms with Crippen molar-refractivity contribution >= 4 is 15.7 Å². The van der Waals surface area contributed by atoms with Crippen molar-refractivity contribution in [3.8, 4) is 0 Å². The van der Waals surface area contributed by atoms with Crippen LogP contribution in [0.1, 0.15) is 24.2 Å². The average Bonchev–Trinajstić information content (AvgIpc) is 2.88. The van der Waals surface area contributed by atoms with Gasteiger partial charge in [0, 0.05) is 38.1 Å². The molecule has 1 aromatic rings. The molecule has 2 atom stereocenters. The van der Waals surface area contributed by atoms with Gasteiger partial charge in [-0.1, -0.05) is 13.8 Å². The van der Waals surface area contributed by atoms with Crippen LogP contribution < -0.4 is 10.9 Å². The SMILES string of the molecule is CC(C)[C@H]1CN(CCS(C)(=O)=O)C[C@@H]1NC(=O)c1cnc[nH]c1=O. The second kappa shape index (κ2) is 7.43. The van der Waals surface area contributed by atoms with Gasteiger partial charge in [-0.2, -0.15) is 0 Å². The van der Waals surface area contributed by atoms with E-state index in [1.54, 1.807) is 0 Å².